The summed E-state index contributed by atoms with van der Waals surface area (Å²) in [6.07, 6.45) is 0.102. The molecule has 23 heavy (non-hydrogen) atoms. The number of carboxylic acids is 2. The third-order valence-electron chi connectivity index (χ3n) is 4.18. The molecule has 5 heteroatoms. The van der Waals surface area contributed by atoms with Gasteiger partial charge in [0.05, 0.1) is 0 Å². The number of hydrogen-bond donors (Lipinski definition) is 2. The van der Waals surface area contributed by atoms with Crippen LogP contribution in [0.4, 0.5) is 0 Å². The van der Waals surface area contributed by atoms with E-state index in [0.717, 1.165) is 10.4 Å². The third kappa shape index (κ3) is 4.29. The predicted molar refractivity (Wildman–Crippen MR) is 92.0 cm³/mol. The minimum Gasteiger partial charge on any atom is -0.481 e. The zero-order valence-corrected chi connectivity index (χ0v) is 13.8. The molecule has 0 radical (unpaired) electrons. The van der Waals surface area contributed by atoms with Crippen LogP contribution in [0.3, 0.4) is 0 Å². The molecule has 0 bridgehead atoms. The number of rotatable bonds is 8. The zero-order chi connectivity index (χ0) is 16.7. The molecule has 2 N–H and O–H groups in total. The first-order chi connectivity index (χ1) is 11.0. The monoisotopic (exact) mass is 328 g/mol. The maximum Gasteiger partial charge on any atom is 0.303 e. The van der Waals surface area contributed by atoms with Crippen LogP contribution in [0.25, 0.3) is 0 Å². The first kappa shape index (κ1) is 17.0. The molecule has 2 rings (SSSR count). The van der Waals surface area contributed by atoms with E-state index in [9.17, 15) is 9.59 Å². The lowest BCUT2D eigenvalue weighted by Gasteiger charge is -2.32. The standard InChI is InChI=1S/C18H20O4Si/c19-17(20)11-13-23(14-12-18(21)22,15-7-3-1-4-8-15)16-9-5-2-6-10-16/h1-10H,11-14H2,(H,19,20)(H,21,22). The number of benzene rings is 2. The maximum atomic E-state index is 11.2. The van der Waals surface area contributed by atoms with Gasteiger partial charge in [-0.3, -0.25) is 9.59 Å². The number of hydrogen-bond acceptors (Lipinski definition) is 2. The fourth-order valence-electron chi connectivity index (χ4n) is 3.02. The van der Waals surface area contributed by atoms with E-state index in [2.05, 4.69) is 0 Å². The Labute approximate surface area is 136 Å². The van der Waals surface area contributed by atoms with Crippen molar-refractivity contribution in [2.45, 2.75) is 24.9 Å². The molecule has 0 fully saturated rings. The third-order valence-corrected chi connectivity index (χ3v) is 9.27. The molecule has 0 amide bonds. The van der Waals surface area contributed by atoms with Crippen LogP contribution in [0.5, 0.6) is 0 Å². The van der Waals surface area contributed by atoms with Crippen molar-refractivity contribution in [2.24, 2.45) is 0 Å². The molecule has 0 aliphatic carbocycles. The van der Waals surface area contributed by atoms with Crippen LogP contribution in [0.2, 0.25) is 12.1 Å². The van der Waals surface area contributed by atoms with Crippen LogP contribution in [0, 0.1) is 0 Å². The number of carboxylic acid groups (broad SMARTS) is 2. The van der Waals surface area contributed by atoms with Crippen LogP contribution < -0.4 is 10.4 Å². The lowest BCUT2D eigenvalue weighted by molar-refractivity contribution is -0.137. The predicted octanol–water partition coefficient (Wildman–Crippen LogP) is 2.20. The van der Waals surface area contributed by atoms with E-state index in [1.165, 1.54) is 0 Å². The van der Waals surface area contributed by atoms with Gasteiger partial charge in [-0.15, -0.1) is 0 Å². The van der Waals surface area contributed by atoms with Crippen LogP contribution in [0.1, 0.15) is 12.8 Å². The summed E-state index contributed by atoms with van der Waals surface area (Å²) in [5.41, 5.74) is 0. The quantitative estimate of drug-likeness (QED) is 0.729. The fourth-order valence-corrected chi connectivity index (χ4v) is 7.70. The highest BCUT2D eigenvalue weighted by Gasteiger charge is 2.37. The first-order valence-electron chi connectivity index (χ1n) is 7.59. The van der Waals surface area contributed by atoms with Crippen LogP contribution in [0.15, 0.2) is 60.7 Å². The highest BCUT2D eigenvalue weighted by atomic mass is 28.3. The molecule has 0 aliphatic heterocycles. The molecule has 4 nitrogen and oxygen atoms in total. The largest absolute Gasteiger partial charge is 0.481 e. The Bertz CT molecular complexity index is 596. The van der Waals surface area contributed by atoms with Crippen molar-refractivity contribution in [3.05, 3.63) is 60.7 Å². The second-order valence-electron chi connectivity index (χ2n) is 5.60. The van der Waals surface area contributed by atoms with Gasteiger partial charge in [-0.1, -0.05) is 71.0 Å². The summed E-state index contributed by atoms with van der Waals surface area (Å²) in [4.78, 5) is 22.3. The molecular weight excluding hydrogens is 308 g/mol. The van der Waals surface area contributed by atoms with Gasteiger partial charge in [0.1, 0.15) is 8.07 Å². The minimum absolute atomic E-state index is 0.0512. The molecule has 0 aromatic heterocycles. The molecule has 0 atom stereocenters. The lowest BCUT2D eigenvalue weighted by Crippen LogP contribution is -2.58. The Kier molecular flexibility index (Phi) is 5.70. The van der Waals surface area contributed by atoms with E-state index in [1.807, 2.05) is 60.7 Å². The van der Waals surface area contributed by atoms with Crippen molar-refractivity contribution in [1.29, 1.82) is 0 Å². The molecule has 0 saturated heterocycles. The van der Waals surface area contributed by atoms with Crippen molar-refractivity contribution >= 4 is 30.4 Å². The van der Waals surface area contributed by atoms with Crippen molar-refractivity contribution in [2.75, 3.05) is 0 Å². The van der Waals surface area contributed by atoms with E-state index in [1.54, 1.807) is 0 Å². The van der Waals surface area contributed by atoms with Gasteiger partial charge in [-0.05, 0) is 12.1 Å². The van der Waals surface area contributed by atoms with E-state index in [4.69, 9.17) is 10.2 Å². The van der Waals surface area contributed by atoms with Crippen LogP contribution in [-0.2, 0) is 9.59 Å². The molecule has 2 aromatic rings. The summed E-state index contributed by atoms with van der Waals surface area (Å²) in [6.45, 7) is 0. The van der Waals surface area contributed by atoms with Crippen molar-refractivity contribution in [3.8, 4) is 0 Å². The average molecular weight is 328 g/mol. The summed E-state index contributed by atoms with van der Waals surface area (Å²) in [7, 11) is -2.43. The number of carbonyl (C=O) groups is 2. The highest BCUT2D eigenvalue weighted by Crippen LogP contribution is 2.21. The minimum atomic E-state index is -2.43. The van der Waals surface area contributed by atoms with E-state index >= 15 is 0 Å². The molecule has 0 heterocycles. The summed E-state index contributed by atoms with van der Waals surface area (Å²) in [5, 5.41) is 20.5. The van der Waals surface area contributed by atoms with Gasteiger partial charge in [0.2, 0.25) is 0 Å². The molecule has 2 aromatic carbocycles. The van der Waals surface area contributed by atoms with E-state index < -0.39 is 20.0 Å². The second-order valence-corrected chi connectivity index (χ2v) is 9.92. The van der Waals surface area contributed by atoms with Crippen molar-refractivity contribution in [1.82, 2.24) is 0 Å². The molecule has 0 unspecified atom stereocenters. The van der Waals surface area contributed by atoms with Gasteiger partial charge in [0.15, 0.2) is 0 Å². The van der Waals surface area contributed by atoms with E-state index in [-0.39, 0.29) is 12.8 Å². The van der Waals surface area contributed by atoms with E-state index in [0.29, 0.717) is 12.1 Å². The average Bonchev–Trinajstić information content (AvgIpc) is 2.56. The summed E-state index contributed by atoms with van der Waals surface area (Å²) in [5.74, 6) is -1.69. The highest BCUT2D eigenvalue weighted by molar-refractivity contribution is 7.02. The van der Waals surface area contributed by atoms with Gasteiger partial charge < -0.3 is 10.2 Å². The molecule has 120 valence electrons. The Morgan fingerprint density at radius 3 is 1.35 bits per heavy atom. The Morgan fingerprint density at radius 2 is 1.04 bits per heavy atom. The molecule has 0 aliphatic rings. The number of aliphatic carboxylic acids is 2. The zero-order valence-electron chi connectivity index (χ0n) is 12.8. The van der Waals surface area contributed by atoms with Gasteiger partial charge in [-0.2, -0.15) is 0 Å². The second kappa shape index (κ2) is 7.74. The normalized spacial score (nSPS) is 11.1. The molecule has 0 saturated carbocycles. The topological polar surface area (TPSA) is 74.6 Å². The SMILES string of the molecule is O=C(O)CC[Si](CCC(=O)O)(c1ccccc1)c1ccccc1. The van der Waals surface area contributed by atoms with Crippen LogP contribution in [-0.4, -0.2) is 30.2 Å². The van der Waals surface area contributed by atoms with Gasteiger partial charge in [0.25, 0.3) is 0 Å². The Hall–Kier alpha value is -2.40. The fraction of sp³-hybridized carbons (Fsp3) is 0.222. The summed E-state index contributed by atoms with van der Waals surface area (Å²) >= 11 is 0. The summed E-state index contributed by atoms with van der Waals surface area (Å²) in [6, 6.07) is 20.6. The van der Waals surface area contributed by atoms with Gasteiger partial charge in [-0.25, -0.2) is 0 Å². The van der Waals surface area contributed by atoms with Crippen LogP contribution >= 0.6 is 0 Å². The Balaban J connectivity index is 2.52. The first-order valence-corrected chi connectivity index (χ1v) is 10.0. The molecular formula is C18H20O4Si. The summed E-state index contributed by atoms with van der Waals surface area (Å²) < 4.78 is 0. The smallest absolute Gasteiger partial charge is 0.303 e. The van der Waals surface area contributed by atoms with Crippen molar-refractivity contribution in [3.63, 3.8) is 0 Å². The van der Waals surface area contributed by atoms with Crippen molar-refractivity contribution < 1.29 is 19.8 Å². The maximum absolute atomic E-state index is 11.2. The van der Waals surface area contributed by atoms with Gasteiger partial charge >= 0.3 is 11.9 Å². The van der Waals surface area contributed by atoms with Gasteiger partial charge in [0, 0.05) is 12.8 Å². The molecule has 0 spiro atoms. The Morgan fingerprint density at radius 1 is 0.696 bits per heavy atom. The lowest BCUT2D eigenvalue weighted by atomic mass is 10.4.